The first-order valence-corrected chi connectivity index (χ1v) is 5.32. The highest BCUT2D eigenvalue weighted by atomic mass is 32.3. The summed E-state index contributed by atoms with van der Waals surface area (Å²) in [5, 5.41) is 34.8. The summed E-state index contributed by atoms with van der Waals surface area (Å²) in [6.45, 7) is 0. The van der Waals surface area contributed by atoms with Gasteiger partial charge in [-0.3, -0.25) is 9.35 Å². The van der Waals surface area contributed by atoms with Crippen LogP contribution in [0.25, 0.3) is 0 Å². The average Bonchev–Trinajstić information content (AvgIpc) is 2.10. The molecular formula is C6H8O11S. The lowest BCUT2D eigenvalue weighted by molar-refractivity contribution is -0.184. The molecule has 0 radical (unpaired) electrons. The van der Waals surface area contributed by atoms with Crippen molar-refractivity contribution in [3.05, 3.63) is 0 Å². The van der Waals surface area contributed by atoms with Gasteiger partial charge >= 0.3 is 28.3 Å². The first-order valence-electron chi connectivity index (χ1n) is 3.96. The summed E-state index contributed by atoms with van der Waals surface area (Å²) < 4.78 is 32.4. The van der Waals surface area contributed by atoms with Crippen LogP contribution in [0.5, 0.6) is 0 Å². The summed E-state index contributed by atoms with van der Waals surface area (Å²) in [5.41, 5.74) is -3.58. The molecule has 0 aliphatic rings. The summed E-state index contributed by atoms with van der Waals surface area (Å²) >= 11 is 0. The number of carboxylic acids is 3. The van der Waals surface area contributed by atoms with Crippen molar-refractivity contribution < 1.29 is 52.0 Å². The van der Waals surface area contributed by atoms with Crippen molar-refractivity contribution in [2.75, 3.05) is 0 Å². The number of rotatable bonds is 7. The van der Waals surface area contributed by atoms with Gasteiger partial charge in [-0.05, 0) is 0 Å². The summed E-state index contributed by atoms with van der Waals surface area (Å²) in [5.74, 6) is -6.56. The van der Waals surface area contributed by atoms with Crippen molar-refractivity contribution in [3.8, 4) is 0 Å². The molecule has 2 unspecified atom stereocenters. The molecule has 12 heteroatoms. The third kappa shape index (κ3) is 4.25. The minimum atomic E-state index is -5.42. The Balaban J connectivity index is 5.58. The van der Waals surface area contributed by atoms with E-state index in [1.807, 2.05) is 0 Å². The Kier molecular flexibility index (Phi) is 4.75. The number of aliphatic carboxylic acids is 3. The molecule has 104 valence electrons. The molecule has 0 aromatic heterocycles. The van der Waals surface area contributed by atoms with Crippen molar-refractivity contribution in [1.82, 2.24) is 0 Å². The Hall–Kier alpha value is -1.76. The largest absolute Gasteiger partial charge is 0.481 e. The normalized spacial score (nSPS) is 16.6. The van der Waals surface area contributed by atoms with Crippen LogP contribution in [0, 0.1) is 0 Å². The molecule has 0 saturated carbocycles. The molecule has 18 heavy (non-hydrogen) atoms. The maximum absolute atomic E-state index is 10.7. The predicted molar refractivity (Wildman–Crippen MR) is 48.9 cm³/mol. The van der Waals surface area contributed by atoms with Gasteiger partial charge in [-0.1, -0.05) is 0 Å². The van der Waals surface area contributed by atoms with E-state index in [1.54, 1.807) is 0 Å². The van der Waals surface area contributed by atoms with Crippen LogP contribution < -0.4 is 0 Å². The van der Waals surface area contributed by atoms with Gasteiger partial charge in [0.05, 0.1) is 6.42 Å². The standard InChI is InChI=1S/C6H8O11S/c7-2(8)1-6(13,5(11)12)3(4(9)10)17-18(14,15)16/h3,13H,1H2,(H,7,8)(H,9,10)(H,11,12)(H,14,15,16). The van der Waals surface area contributed by atoms with E-state index in [0.717, 1.165) is 0 Å². The third-order valence-electron chi connectivity index (χ3n) is 1.67. The lowest BCUT2D eigenvalue weighted by Crippen LogP contribution is -2.56. The first kappa shape index (κ1) is 16.2. The molecule has 0 aromatic carbocycles. The molecule has 0 aliphatic heterocycles. The number of hydrogen-bond acceptors (Lipinski definition) is 7. The Morgan fingerprint density at radius 2 is 1.61 bits per heavy atom. The topological polar surface area (TPSA) is 196 Å². The van der Waals surface area contributed by atoms with Gasteiger partial charge in [-0.2, -0.15) is 8.42 Å². The maximum Gasteiger partial charge on any atom is 0.398 e. The molecule has 0 aromatic rings. The van der Waals surface area contributed by atoms with Crippen molar-refractivity contribution in [1.29, 1.82) is 0 Å². The van der Waals surface area contributed by atoms with E-state index < -0.39 is 46.4 Å². The zero-order valence-corrected chi connectivity index (χ0v) is 9.19. The maximum atomic E-state index is 10.7. The minimum Gasteiger partial charge on any atom is -0.481 e. The third-order valence-corrected chi connectivity index (χ3v) is 2.10. The molecule has 0 heterocycles. The highest BCUT2D eigenvalue weighted by molar-refractivity contribution is 7.80. The number of carboxylic acid groups (broad SMARTS) is 3. The smallest absolute Gasteiger partial charge is 0.398 e. The van der Waals surface area contributed by atoms with E-state index in [2.05, 4.69) is 4.18 Å². The number of hydrogen-bond donors (Lipinski definition) is 5. The molecule has 0 saturated heterocycles. The zero-order valence-electron chi connectivity index (χ0n) is 8.38. The van der Waals surface area contributed by atoms with Gasteiger partial charge in [0, 0.05) is 0 Å². The lowest BCUT2D eigenvalue weighted by atomic mass is 9.93. The van der Waals surface area contributed by atoms with Crippen LogP contribution in [-0.4, -0.2) is 63.0 Å². The molecule has 0 bridgehead atoms. The van der Waals surface area contributed by atoms with Crippen molar-refractivity contribution in [3.63, 3.8) is 0 Å². The fourth-order valence-electron chi connectivity index (χ4n) is 0.958. The van der Waals surface area contributed by atoms with E-state index in [-0.39, 0.29) is 0 Å². The van der Waals surface area contributed by atoms with E-state index in [9.17, 15) is 27.9 Å². The number of aliphatic hydroxyl groups is 1. The van der Waals surface area contributed by atoms with E-state index in [0.29, 0.717) is 0 Å². The van der Waals surface area contributed by atoms with E-state index >= 15 is 0 Å². The van der Waals surface area contributed by atoms with Crippen LogP contribution in [0.2, 0.25) is 0 Å². The molecule has 0 spiro atoms. The molecule has 0 rings (SSSR count). The molecule has 2 atom stereocenters. The molecular weight excluding hydrogens is 280 g/mol. The predicted octanol–water partition coefficient (Wildman–Crippen LogP) is -2.45. The van der Waals surface area contributed by atoms with Gasteiger partial charge in [0.15, 0.2) is 0 Å². The summed E-state index contributed by atoms with van der Waals surface area (Å²) in [6, 6.07) is 0. The van der Waals surface area contributed by atoms with Crippen LogP contribution in [0.4, 0.5) is 0 Å². The Morgan fingerprint density at radius 1 is 1.17 bits per heavy atom. The van der Waals surface area contributed by atoms with Crippen LogP contribution in [0.1, 0.15) is 6.42 Å². The Labute approximate surface area is 99.2 Å². The molecule has 5 N–H and O–H groups in total. The molecule has 0 aliphatic carbocycles. The van der Waals surface area contributed by atoms with Crippen LogP contribution >= 0.6 is 0 Å². The average molecular weight is 288 g/mol. The SMILES string of the molecule is O=C(O)CC(O)(C(=O)O)C(OS(=O)(=O)O)C(=O)O. The molecule has 11 nitrogen and oxygen atoms in total. The van der Waals surface area contributed by atoms with E-state index in [4.69, 9.17) is 19.9 Å². The van der Waals surface area contributed by atoms with Gasteiger partial charge in [-0.15, -0.1) is 0 Å². The van der Waals surface area contributed by atoms with Gasteiger partial charge in [-0.25, -0.2) is 13.8 Å². The monoisotopic (exact) mass is 288 g/mol. The van der Waals surface area contributed by atoms with Gasteiger partial charge in [0.25, 0.3) is 0 Å². The fraction of sp³-hybridized carbons (Fsp3) is 0.500. The van der Waals surface area contributed by atoms with Crippen molar-refractivity contribution in [2.24, 2.45) is 0 Å². The first-order chi connectivity index (χ1) is 7.90. The Morgan fingerprint density at radius 3 is 1.83 bits per heavy atom. The van der Waals surface area contributed by atoms with Crippen LogP contribution in [0.15, 0.2) is 0 Å². The highest BCUT2D eigenvalue weighted by Crippen LogP contribution is 2.21. The summed E-state index contributed by atoms with van der Waals surface area (Å²) in [7, 11) is -5.42. The highest BCUT2D eigenvalue weighted by Gasteiger charge is 2.53. The Bertz CT molecular complexity index is 464. The minimum absolute atomic E-state index is 1.66. The fourth-order valence-corrected chi connectivity index (χ4v) is 1.44. The second-order valence-electron chi connectivity index (χ2n) is 3.04. The van der Waals surface area contributed by atoms with Crippen LogP contribution in [-0.2, 0) is 29.0 Å². The van der Waals surface area contributed by atoms with Crippen LogP contribution in [0.3, 0.4) is 0 Å². The summed E-state index contributed by atoms with van der Waals surface area (Å²) in [6.07, 6.45) is -4.68. The quantitative estimate of drug-likeness (QED) is 0.312. The number of carbonyl (C=O) groups is 3. The van der Waals surface area contributed by atoms with Gasteiger partial charge in [0.1, 0.15) is 0 Å². The van der Waals surface area contributed by atoms with Crippen molar-refractivity contribution in [2.45, 2.75) is 18.1 Å². The lowest BCUT2D eigenvalue weighted by Gasteiger charge is -2.26. The zero-order chi connectivity index (χ0) is 14.7. The second kappa shape index (κ2) is 5.26. The molecule has 0 fully saturated rings. The van der Waals surface area contributed by atoms with Crippen molar-refractivity contribution >= 4 is 28.3 Å². The van der Waals surface area contributed by atoms with Gasteiger partial charge in [0.2, 0.25) is 11.7 Å². The molecule has 0 amide bonds. The van der Waals surface area contributed by atoms with E-state index in [1.165, 1.54) is 0 Å². The van der Waals surface area contributed by atoms with Gasteiger partial charge < -0.3 is 20.4 Å². The summed E-state index contributed by atoms with van der Waals surface area (Å²) in [4.78, 5) is 31.6. The second-order valence-corrected chi connectivity index (χ2v) is 4.09.